The Morgan fingerprint density at radius 1 is 1.20 bits per heavy atom. The van der Waals surface area contributed by atoms with Crippen LogP contribution >= 0.6 is 0 Å². The van der Waals surface area contributed by atoms with Crippen LogP contribution in [0.4, 0.5) is 5.69 Å². The number of carbonyl (C=O) groups is 2. The molecule has 2 rings (SSSR count). The largest absolute Gasteiger partial charge is 0.505 e. The van der Waals surface area contributed by atoms with Crippen LogP contribution in [0.2, 0.25) is 0 Å². The van der Waals surface area contributed by atoms with Gasteiger partial charge in [0.25, 0.3) is 5.91 Å². The van der Waals surface area contributed by atoms with Crippen LogP contribution in [-0.4, -0.2) is 26.7 Å². The maximum atomic E-state index is 12.1. The minimum Gasteiger partial charge on any atom is -0.505 e. The molecule has 0 saturated carbocycles. The first kappa shape index (κ1) is 13.7. The quantitative estimate of drug-likeness (QED) is 0.746. The third-order valence-corrected chi connectivity index (χ3v) is 3.12. The molecular weight excluding hydrogens is 260 g/mol. The molecule has 0 aliphatic carbocycles. The fourth-order valence-electron chi connectivity index (χ4n) is 1.84. The molecule has 0 aliphatic heterocycles. The summed E-state index contributed by atoms with van der Waals surface area (Å²) >= 11 is 0. The van der Waals surface area contributed by atoms with E-state index in [0.717, 1.165) is 5.69 Å². The molecule has 3 N–H and O–H groups in total. The number of nitrogens with zero attached hydrogens (tertiary/aromatic N) is 1. The van der Waals surface area contributed by atoms with Crippen LogP contribution in [0, 0.1) is 6.92 Å². The van der Waals surface area contributed by atoms with Gasteiger partial charge in [-0.15, -0.1) is 0 Å². The summed E-state index contributed by atoms with van der Waals surface area (Å²) < 4.78 is 1.70. The van der Waals surface area contributed by atoms with Crippen LogP contribution in [0.25, 0.3) is 0 Å². The lowest BCUT2D eigenvalue weighted by atomic mass is 10.1. The van der Waals surface area contributed by atoms with E-state index >= 15 is 0 Å². The molecule has 20 heavy (non-hydrogen) atoms. The number of carbonyl (C=O) groups excluding carboxylic acids is 1. The third-order valence-electron chi connectivity index (χ3n) is 3.12. The van der Waals surface area contributed by atoms with Gasteiger partial charge in [-0.2, -0.15) is 0 Å². The van der Waals surface area contributed by atoms with Gasteiger partial charge >= 0.3 is 5.97 Å². The first-order valence-corrected chi connectivity index (χ1v) is 5.90. The molecule has 6 nitrogen and oxygen atoms in total. The van der Waals surface area contributed by atoms with Gasteiger partial charge in [-0.1, -0.05) is 6.07 Å². The van der Waals surface area contributed by atoms with Crippen LogP contribution < -0.4 is 5.32 Å². The highest BCUT2D eigenvalue weighted by atomic mass is 16.4. The molecular formula is C14H14N2O4. The molecule has 1 aromatic heterocycles. The minimum atomic E-state index is -1.26. The van der Waals surface area contributed by atoms with Gasteiger partial charge in [0, 0.05) is 12.7 Å². The van der Waals surface area contributed by atoms with Crippen molar-refractivity contribution in [3.8, 4) is 5.75 Å². The lowest BCUT2D eigenvalue weighted by Crippen LogP contribution is -2.16. The van der Waals surface area contributed by atoms with Crippen molar-refractivity contribution in [3.63, 3.8) is 0 Å². The number of benzene rings is 1. The Balaban J connectivity index is 2.31. The highest BCUT2D eigenvalue weighted by molar-refractivity contribution is 6.05. The number of aromatic nitrogens is 1. The van der Waals surface area contributed by atoms with Gasteiger partial charge < -0.3 is 20.1 Å². The van der Waals surface area contributed by atoms with E-state index in [4.69, 9.17) is 5.11 Å². The number of carboxylic acid groups (broad SMARTS) is 1. The normalized spacial score (nSPS) is 10.3. The van der Waals surface area contributed by atoms with E-state index in [1.807, 2.05) is 6.92 Å². The number of aromatic carboxylic acids is 1. The van der Waals surface area contributed by atoms with E-state index in [-0.39, 0.29) is 11.3 Å². The minimum absolute atomic E-state index is 0.0637. The second kappa shape index (κ2) is 5.08. The SMILES string of the molecule is Cc1ccc(C(=O)Nc2cccc(C(=O)O)c2O)n1C. The van der Waals surface area contributed by atoms with Crippen molar-refractivity contribution in [3.05, 3.63) is 47.3 Å². The van der Waals surface area contributed by atoms with E-state index in [1.165, 1.54) is 18.2 Å². The molecule has 1 amide bonds. The average molecular weight is 274 g/mol. The van der Waals surface area contributed by atoms with Crippen molar-refractivity contribution in [1.82, 2.24) is 4.57 Å². The second-order valence-electron chi connectivity index (χ2n) is 4.38. The number of nitrogens with one attached hydrogen (secondary N) is 1. The molecule has 2 aromatic rings. The Hall–Kier alpha value is -2.76. The first-order chi connectivity index (χ1) is 9.41. The van der Waals surface area contributed by atoms with Crippen molar-refractivity contribution in [1.29, 1.82) is 0 Å². The standard InChI is InChI=1S/C14H14N2O4/c1-8-6-7-11(16(8)2)13(18)15-10-5-3-4-9(12(10)17)14(19)20/h3-7,17H,1-2H3,(H,15,18)(H,19,20). The zero-order chi connectivity index (χ0) is 14.9. The predicted molar refractivity (Wildman–Crippen MR) is 73.2 cm³/mol. The smallest absolute Gasteiger partial charge is 0.339 e. The summed E-state index contributed by atoms with van der Waals surface area (Å²) in [6, 6.07) is 7.61. The highest BCUT2D eigenvalue weighted by Gasteiger charge is 2.16. The van der Waals surface area contributed by atoms with Gasteiger partial charge in [-0.05, 0) is 31.2 Å². The molecule has 1 aromatic carbocycles. The highest BCUT2D eigenvalue weighted by Crippen LogP contribution is 2.27. The Bertz CT molecular complexity index is 688. The monoisotopic (exact) mass is 274 g/mol. The van der Waals surface area contributed by atoms with Crippen molar-refractivity contribution < 1.29 is 19.8 Å². The van der Waals surface area contributed by atoms with E-state index in [2.05, 4.69) is 5.32 Å². The Morgan fingerprint density at radius 2 is 1.90 bits per heavy atom. The summed E-state index contributed by atoms with van der Waals surface area (Å²) in [5, 5.41) is 21.2. The van der Waals surface area contributed by atoms with Crippen molar-refractivity contribution >= 4 is 17.6 Å². The molecule has 0 fully saturated rings. The predicted octanol–water partition coefficient (Wildman–Crippen LogP) is 1.99. The molecule has 0 unspecified atom stereocenters. The molecule has 0 spiro atoms. The zero-order valence-corrected chi connectivity index (χ0v) is 11.0. The number of aryl methyl sites for hydroxylation is 1. The number of hydrogen-bond donors (Lipinski definition) is 3. The topological polar surface area (TPSA) is 91.6 Å². The van der Waals surface area contributed by atoms with Gasteiger partial charge in [0.1, 0.15) is 11.3 Å². The summed E-state index contributed by atoms with van der Waals surface area (Å²) in [6.07, 6.45) is 0. The van der Waals surface area contributed by atoms with Crippen LogP contribution in [-0.2, 0) is 7.05 Å². The van der Waals surface area contributed by atoms with E-state index in [1.54, 1.807) is 23.7 Å². The molecule has 0 atom stereocenters. The van der Waals surface area contributed by atoms with E-state index < -0.39 is 17.6 Å². The van der Waals surface area contributed by atoms with E-state index in [9.17, 15) is 14.7 Å². The summed E-state index contributed by atoms with van der Waals surface area (Å²) in [6.45, 7) is 1.86. The lowest BCUT2D eigenvalue weighted by molar-refractivity contribution is 0.0693. The molecule has 0 saturated heterocycles. The number of aromatic hydroxyl groups is 1. The van der Waals surface area contributed by atoms with Gasteiger partial charge in [0.2, 0.25) is 0 Å². The third kappa shape index (κ3) is 2.35. The zero-order valence-electron chi connectivity index (χ0n) is 11.0. The fourth-order valence-corrected chi connectivity index (χ4v) is 1.84. The number of phenols is 1. The van der Waals surface area contributed by atoms with Crippen molar-refractivity contribution in [2.75, 3.05) is 5.32 Å². The van der Waals surface area contributed by atoms with Crippen LogP contribution in [0.3, 0.4) is 0 Å². The average Bonchev–Trinajstić information content (AvgIpc) is 2.72. The summed E-state index contributed by atoms with van der Waals surface area (Å²) in [5.41, 5.74) is 1.14. The number of para-hydroxylation sites is 1. The lowest BCUT2D eigenvalue weighted by Gasteiger charge is -2.10. The van der Waals surface area contributed by atoms with Crippen molar-refractivity contribution in [2.45, 2.75) is 6.92 Å². The maximum Gasteiger partial charge on any atom is 0.339 e. The van der Waals surface area contributed by atoms with Crippen LogP contribution in [0.15, 0.2) is 30.3 Å². The molecule has 0 radical (unpaired) electrons. The first-order valence-electron chi connectivity index (χ1n) is 5.90. The number of amides is 1. The second-order valence-corrected chi connectivity index (χ2v) is 4.38. The molecule has 0 bridgehead atoms. The van der Waals surface area contributed by atoms with Gasteiger partial charge in [0.05, 0.1) is 5.69 Å². The van der Waals surface area contributed by atoms with Gasteiger partial charge in [0.15, 0.2) is 5.75 Å². The summed E-state index contributed by atoms with van der Waals surface area (Å²) in [5.74, 6) is -2.13. The van der Waals surface area contributed by atoms with Crippen molar-refractivity contribution in [2.24, 2.45) is 7.05 Å². The number of rotatable bonds is 3. The van der Waals surface area contributed by atoms with Gasteiger partial charge in [-0.3, -0.25) is 4.79 Å². The Labute approximate surface area is 115 Å². The van der Waals surface area contributed by atoms with Gasteiger partial charge in [-0.25, -0.2) is 4.79 Å². The molecule has 1 heterocycles. The molecule has 104 valence electrons. The summed E-state index contributed by atoms with van der Waals surface area (Å²) in [4.78, 5) is 23.0. The van der Waals surface area contributed by atoms with Crippen LogP contribution in [0.1, 0.15) is 26.5 Å². The number of hydrogen-bond acceptors (Lipinski definition) is 3. The molecule has 6 heteroatoms. The molecule has 0 aliphatic rings. The van der Waals surface area contributed by atoms with Crippen LogP contribution in [0.5, 0.6) is 5.75 Å². The fraction of sp³-hybridized carbons (Fsp3) is 0.143. The Morgan fingerprint density at radius 3 is 2.45 bits per heavy atom. The Kier molecular flexibility index (Phi) is 3.47. The maximum absolute atomic E-state index is 12.1. The number of carboxylic acids is 1. The summed E-state index contributed by atoms with van der Waals surface area (Å²) in [7, 11) is 1.75. The number of anilines is 1. The van der Waals surface area contributed by atoms with E-state index in [0.29, 0.717) is 5.69 Å².